The van der Waals surface area contributed by atoms with Crippen molar-refractivity contribution >= 4 is 37.8 Å². The van der Waals surface area contributed by atoms with Crippen molar-refractivity contribution in [2.75, 3.05) is 0 Å². The summed E-state index contributed by atoms with van der Waals surface area (Å²) in [4.78, 5) is 12.4. The molecule has 1 aromatic carbocycles. The van der Waals surface area contributed by atoms with Gasteiger partial charge in [0.1, 0.15) is 5.82 Å². The quantitative estimate of drug-likeness (QED) is 0.773. The lowest BCUT2D eigenvalue weighted by atomic mass is 9.95. The van der Waals surface area contributed by atoms with E-state index in [1.165, 1.54) is 24.6 Å². The Bertz CT molecular complexity index is 453. The first kappa shape index (κ1) is 14.0. The zero-order chi connectivity index (χ0) is 13.1. The molecule has 2 rings (SSSR count). The van der Waals surface area contributed by atoms with Crippen LogP contribution in [0.4, 0.5) is 4.39 Å². The standard InChI is InChI=1S/C13H14Br2FNO/c14-9-3-1-2-4-12(9)17-13(18)8-5-6-11(16)10(15)7-8/h5-7,9,12H,1-4H2,(H,17,18). The van der Waals surface area contributed by atoms with Crippen LogP contribution in [0, 0.1) is 5.82 Å². The molecular weight excluding hydrogens is 365 g/mol. The lowest BCUT2D eigenvalue weighted by molar-refractivity contribution is 0.0929. The summed E-state index contributed by atoms with van der Waals surface area (Å²) in [6.45, 7) is 0. The first-order chi connectivity index (χ1) is 8.58. The fourth-order valence-electron chi connectivity index (χ4n) is 2.14. The van der Waals surface area contributed by atoms with Gasteiger partial charge in [0.2, 0.25) is 0 Å². The molecule has 18 heavy (non-hydrogen) atoms. The molecule has 0 saturated heterocycles. The molecule has 1 aliphatic carbocycles. The number of rotatable bonds is 2. The summed E-state index contributed by atoms with van der Waals surface area (Å²) < 4.78 is 13.4. The molecule has 1 aromatic rings. The molecule has 1 N–H and O–H groups in total. The molecule has 98 valence electrons. The zero-order valence-electron chi connectivity index (χ0n) is 9.76. The van der Waals surface area contributed by atoms with Crippen molar-refractivity contribution in [3.05, 3.63) is 34.1 Å². The van der Waals surface area contributed by atoms with Gasteiger partial charge < -0.3 is 5.32 Å². The number of benzene rings is 1. The van der Waals surface area contributed by atoms with Gasteiger partial charge in [0.05, 0.1) is 4.47 Å². The molecule has 0 heterocycles. The van der Waals surface area contributed by atoms with Crippen molar-refractivity contribution in [3.63, 3.8) is 0 Å². The summed E-state index contributed by atoms with van der Waals surface area (Å²) in [6.07, 6.45) is 4.41. The van der Waals surface area contributed by atoms with Crippen LogP contribution in [0.3, 0.4) is 0 Å². The van der Waals surface area contributed by atoms with E-state index < -0.39 is 0 Å². The monoisotopic (exact) mass is 377 g/mol. The van der Waals surface area contributed by atoms with Crippen molar-refractivity contribution in [2.24, 2.45) is 0 Å². The number of carbonyl (C=O) groups is 1. The Morgan fingerprint density at radius 1 is 1.33 bits per heavy atom. The van der Waals surface area contributed by atoms with Crippen LogP contribution in [0.25, 0.3) is 0 Å². The summed E-state index contributed by atoms with van der Waals surface area (Å²) in [5, 5.41) is 3.00. The highest BCUT2D eigenvalue weighted by Gasteiger charge is 2.24. The predicted molar refractivity (Wildman–Crippen MR) is 76.5 cm³/mol. The molecule has 0 aromatic heterocycles. The zero-order valence-corrected chi connectivity index (χ0v) is 12.9. The number of nitrogens with one attached hydrogen (secondary N) is 1. The van der Waals surface area contributed by atoms with E-state index in [1.807, 2.05) is 0 Å². The van der Waals surface area contributed by atoms with Crippen LogP contribution in [0.2, 0.25) is 0 Å². The van der Waals surface area contributed by atoms with Gasteiger partial charge in [0, 0.05) is 16.4 Å². The van der Waals surface area contributed by atoms with Crippen LogP contribution in [-0.2, 0) is 0 Å². The van der Waals surface area contributed by atoms with Gasteiger partial charge in [-0.2, -0.15) is 0 Å². The van der Waals surface area contributed by atoms with Crippen molar-refractivity contribution in [2.45, 2.75) is 36.6 Å². The van der Waals surface area contributed by atoms with Gasteiger partial charge in [0.15, 0.2) is 0 Å². The summed E-state index contributed by atoms with van der Waals surface area (Å²) in [6, 6.07) is 4.47. The van der Waals surface area contributed by atoms with E-state index >= 15 is 0 Å². The maximum atomic E-state index is 13.1. The average molecular weight is 379 g/mol. The highest BCUT2D eigenvalue weighted by molar-refractivity contribution is 9.10. The Morgan fingerprint density at radius 3 is 2.72 bits per heavy atom. The number of hydrogen-bond donors (Lipinski definition) is 1. The summed E-state index contributed by atoms with van der Waals surface area (Å²) in [7, 11) is 0. The third-order valence-electron chi connectivity index (χ3n) is 3.18. The van der Waals surface area contributed by atoms with E-state index in [-0.39, 0.29) is 17.8 Å². The Morgan fingerprint density at radius 2 is 2.06 bits per heavy atom. The Labute approximate surface area is 123 Å². The van der Waals surface area contributed by atoms with Gasteiger partial charge in [0.25, 0.3) is 5.91 Å². The Balaban J connectivity index is 2.04. The highest BCUT2D eigenvalue weighted by atomic mass is 79.9. The van der Waals surface area contributed by atoms with Crippen LogP contribution in [-0.4, -0.2) is 16.8 Å². The SMILES string of the molecule is O=C(NC1CCCCC1Br)c1ccc(F)c(Br)c1. The lowest BCUT2D eigenvalue weighted by Crippen LogP contribution is -2.42. The van der Waals surface area contributed by atoms with E-state index in [0.29, 0.717) is 14.9 Å². The van der Waals surface area contributed by atoms with Gasteiger partial charge in [-0.05, 0) is 47.0 Å². The lowest BCUT2D eigenvalue weighted by Gasteiger charge is -2.28. The molecule has 0 bridgehead atoms. The molecule has 1 amide bonds. The Kier molecular flexibility index (Phi) is 4.78. The van der Waals surface area contributed by atoms with Crippen molar-refractivity contribution < 1.29 is 9.18 Å². The van der Waals surface area contributed by atoms with Crippen LogP contribution in [0.15, 0.2) is 22.7 Å². The maximum Gasteiger partial charge on any atom is 0.251 e. The molecule has 0 aliphatic heterocycles. The first-order valence-electron chi connectivity index (χ1n) is 5.98. The molecule has 1 saturated carbocycles. The van der Waals surface area contributed by atoms with Gasteiger partial charge >= 0.3 is 0 Å². The molecule has 0 spiro atoms. The van der Waals surface area contributed by atoms with Crippen LogP contribution >= 0.6 is 31.9 Å². The second kappa shape index (κ2) is 6.15. The van der Waals surface area contributed by atoms with Gasteiger partial charge in [-0.25, -0.2) is 4.39 Å². The summed E-state index contributed by atoms with van der Waals surface area (Å²) >= 11 is 6.69. The fraction of sp³-hybridized carbons (Fsp3) is 0.462. The van der Waals surface area contributed by atoms with Crippen LogP contribution < -0.4 is 5.32 Å². The molecule has 0 radical (unpaired) electrons. The second-order valence-electron chi connectivity index (χ2n) is 4.51. The van der Waals surface area contributed by atoms with Gasteiger partial charge in [-0.15, -0.1) is 0 Å². The van der Waals surface area contributed by atoms with Crippen LogP contribution in [0.5, 0.6) is 0 Å². The molecule has 2 unspecified atom stereocenters. The minimum atomic E-state index is -0.359. The molecular formula is C13H14Br2FNO. The van der Waals surface area contributed by atoms with Gasteiger partial charge in [-0.3, -0.25) is 4.79 Å². The van der Waals surface area contributed by atoms with Crippen molar-refractivity contribution in [1.82, 2.24) is 5.32 Å². The van der Waals surface area contributed by atoms with Crippen molar-refractivity contribution in [3.8, 4) is 0 Å². The normalized spacial score (nSPS) is 23.7. The third-order valence-corrected chi connectivity index (χ3v) is 4.88. The number of amides is 1. The predicted octanol–water partition coefficient (Wildman–Crippen LogP) is 4.02. The summed E-state index contributed by atoms with van der Waals surface area (Å²) in [5.41, 5.74) is 0.480. The molecule has 5 heteroatoms. The minimum absolute atomic E-state index is 0.146. The number of alkyl halides is 1. The Hall–Kier alpha value is -0.420. The number of carbonyl (C=O) groups excluding carboxylic acids is 1. The molecule has 1 aliphatic rings. The van der Waals surface area contributed by atoms with Crippen molar-refractivity contribution in [1.29, 1.82) is 0 Å². The average Bonchev–Trinajstić information content (AvgIpc) is 2.35. The highest BCUT2D eigenvalue weighted by Crippen LogP contribution is 2.25. The van der Waals surface area contributed by atoms with Crippen LogP contribution in [0.1, 0.15) is 36.0 Å². The smallest absolute Gasteiger partial charge is 0.251 e. The molecule has 2 atom stereocenters. The fourth-order valence-corrected chi connectivity index (χ4v) is 3.24. The number of halogens is 3. The third kappa shape index (κ3) is 3.32. The van der Waals surface area contributed by atoms with E-state index in [1.54, 1.807) is 0 Å². The second-order valence-corrected chi connectivity index (χ2v) is 6.54. The van der Waals surface area contributed by atoms with E-state index in [9.17, 15) is 9.18 Å². The summed E-state index contributed by atoms with van der Waals surface area (Å²) in [5.74, 6) is -0.505. The first-order valence-corrected chi connectivity index (χ1v) is 7.69. The van der Waals surface area contributed by atoms with Gasteiger partial charge in [-0.1, -0.05) is 28.8 Å². The number of hydrogen-bond acceptors (Lipinski definition) is 1. The topological polar surface area (TPSA) is 29.1 Å². The maximum absolute atomic E-state index is 13.1. The van der Waals surface area contributed by atoms with E-state index in [2.05, 4.69) is 37.2 Å². The van der Waals surface area contributed by atoms with E-state index in [4.69, 9.17) is 0 Å². The molecule has 1 fully saturated rings. The molecule has 2 nitrogen and oxygen atoms in total. The minimum Gasteiger partial charge on any atom is -0.348 e. The van der Waals surface area contributed by atoms with E-state index in [0.717, 1.165) is 19.3 Å². The largest absolute Gasteiger partial charge is 0.348 e.